The van der Waals surface area contributed by atoms with E-state index < -0.39 is 0 Å². The molecule has 0 saturated heterocycles. The van der Waals surface area contributed by atoms with Crippen LogP contribution < -0.4 is 10.2 Å². The number of nitrogens with one attached hydrogen (secondary N) is 1. The van der Waals surface area contributed by atoms with E-state index in [9.17, 15) is 4.79 Å². The number of rotatable bonds is 6. The van der Waals surface area contributed by atoms with Gasteiger partial charge < -0.3 is 10.2 Å². The van der Waals surface area contributed by atoms with Crippen molar-refractivity contribution in [2.24, 2.45) is 0 Å². The van der Waals surface area contributed by atoms with Gasteiger partial charge in [0, 0.05) is 38.2 Å². The minimum atomic E-state index is -0.117. The largest absolute Gasteiger partial charge is 0.371 e. The smallest absolute Gasteiger partial charge is 0.253 e. The number of carbonyl (C=O) groups is 1. The highest BCUT2D eigenvalue weighted by molar-refractivity contribution is 5.94. The highest BCUT2D eigenvalue weighted by atomic mass is 16.1. The molecule has 0 aliphatic carbocycles. The molecule has 21 heavy (non-hydrogen) atoms. The van der Waals surface area contributed by atoms with E-state index in [-0.39, 0.29) is 5.91 Å². The van der Waals surface area contributed by atoms with E-state index in [4.69, 9.17) is 0 Å². The van der Waals surface area contributed by atoms with Gasteiger partial charge in [-0.05, 0) is 37.6 Å². The molecule has 2 rings (SSSR count). The van der Waals surface area contributed by atoms with Gasteiger partial charge in [0.1, 0.15) is 0 Å². The fourth-order valence-electron chi connectivity index (χ4n) is 2.10. The lowest BCUT2D eigenvalue weighted by Gasteiger charge is -2.20. The van der Waals surface area contributed by atoms with Gasteiger partial charge in [-0.25, -0.2) is 0 Å². The molecule has 2 heterocycles. The summed E-state index contributed by atoms with van der Waals surface area (Å²) in [6.07, 6.45) is 6.80. The van der Waals surface area contributed by atoms with Crippen molar-refractivity contribution in [3.8, 4) is 0 Å². The van der Waals surface area contributed by atoms with E-state index in [2.05, 4.69) is 34.0 Å². The lowest BCUT2D eigenvalue weighted by molar-refractivity contribution is 0.0950. The minimum absolute atomic E-state index is 0.117. The highest BCUT2D eigenvalue weighted by Crippen LogP contribution is 2.14. The first kappa shape index (κ1) is 15.0. The second-order valence-electron chi connectivity index (χ2n) is 4.64. The van der Waals surface area contributed by atoms with Crippen molar-refractivity contribution < 1.29 is 4.79 Å². The molecule has 0 bridgehead atoms. The molecule has 0 fully saturated rings. The van der Waals surface area contributed by atoms with Gasteiger partial charge in [-0.15, -0.1) is 0 Å². The van der Waals surface area contributed by atoms with Crippen LogP contribution >= 0.6 is 0 Å². The molecule has 0 aliphatic rings. The Hall–Kier alpha value is -2.43. The van der Waals surface area contributed by atoms with Gasteiger partial charge >= 0.3 is 0 Å². The fraction of sp³-hybridized carbons (Fsp3) is 0.312. The van der Waals surface area contributed by atoms with Gasteiger partial charge in [-0.1, -0.05) is 0 Å². The molecule has 0 atom stereocenters. The highest BCUT2D eigenvalue weighted by Gasteiger charge is 2.09. The second kappa shape index (κ2) is 7.38. The lowest BCUT2D eigenvalue weighted by atomic mass is 10.2. The van der Waals surface area contributed by atoms with E-state index in [1.807, 2.05) is 18.2 Å². The molecule has 0 spiro atoms. The Balaban J connectivity index is 2.04. The van der Waals surface area contributed by atoms with Crippen molar-refractivity contribution in [1.29, 1.82) is 0 Å². The monoisotopic (exact) mass is 284 g/mol. The van der Waals surface area contributed by atoms with E-state index >= 15 is 0 Å². The fourth-order valence-corrected chi connectivity index (χ4v) is 2.10. The standard InChI is InChI=1S/C16H20N4O/c1-3-20(4-2)15-9-14(11-18-12-15)16(21)19-10-13-5-7-17-8-6-13/h5-9,11-12H,3-4,10H2,1-2H3,(H,19,21). The SMILES string of the molecule is CCN(CC)c1cncc(C(=O)NCc2ccncc2)c1. The molecule has 5 nitrogen and oxygen atoms in total. The Morgan fingerprint density at radius 3 is 2.52 bits per heavy atom. The van der Waals surface area contributed by atoms with Crippen molar-refractivity contribution in [1.82, 2.24) is 15.3 Å². The summed E-state index contributed by atoms with van der Waals surface area (Å²) in [6, 6.07) is 5.64. The number of hydrogen-bond donors (Lipinski definition) is 1. The summed E-state index contributed by atoms with van der Waals surface area (Å²) in [5.41, 5.74) is 2.57. The third-order valence-corrected chi connectivity index (χ3v) is 3.32. The van der Waals surface area contributed by atoms with Crippen LogP contribution in [0.3, 0.4) is 0 Å². The second-order valence-corrected chi connectivity index (χ2v) is 4.64. The van der Waals surface area contributed by atoms with Crippen LogP contribution in [-0.2, 0) is 6.54 Å². The van der Waals surface area contributed by atoms with Gasteiger partial charge in [0.05, 0.1) is 17.4 Å². The predicted molar refractivity (Wildman–Crippen MR) is 83.2 cm³/mol. The van der Waals surface area contributed by atoms with Crippen molar-refractivity contribution in [3.63, 3.8) is 0 Å². The molecule has 2 aromatic rings. The number of carbonyl (C=O) groups excluding carboxylic acids is 1. The van der Waals surface area contributed by atoms with Crippen LogP contribution in [0.2, 0.25) is 0 Å². The molecule has 0 radical (unpaired) electrons. The summed E-state index contributed by atoms with van der Waals surface area (Å²) in [7, 11) is 0. The number of pyridine rings is 2. The van der Waals surface area contributed by atoms with Crippen molar-refractivity contribution in [2.75, 3.05) is 18.0 Å². The van der Waals surface area contributed by atoms with E-state index in [1.165, 1.54) is 0 Å². The van der Waals surface area contributed by atoms with Crippen molar-refractivity contribution >= 4 is 11.6 Å². The number of anilines is 1. The Labute approximate surface area is 125 Å². The zero-order valence-electron chi connectivity index (χ0n) is 12.4. The van der Waals surface area contributed by atoms with Gasteiger partial charge in [-0.2, -0.15) is 0 Å². The van der Waals surface area contributed by atoms with E-state index in [0.717, 1.165) is 24.3 Å². The molecule has 110 valence electrons. The van der Waals surface area contributed by atoms with Crippen LogP contribution in [0.4, 0.5) is 5.69 Å². The third-order valence-electron chi connectivity index (χ3n) is 3.32. The average Bonchev–Trinajstić information content (AvgIpc) is 2.55. The van der Waals surface area contributed by atoms with E-state index in [0.29, 0.717) is 12.1 Å². The Kier molecular flexibility index (Phi) is 5.26. The molecule has 2 aromatic heterocycles. The summed E-state index contributed by atoms with van der Waals surface area (Å²) in [6.45, 7) is 6.43. The lowest BCUT2D eigenvalue weighted by Crippen LogP contribution is -2.25. The quantitative estimate of drug-likeness (QED) is 0.884. The van der Waals surface area contributed by atoms with Crippen molar-refractivity contribution in [2.45, 2.75) is 20.4 Å². The molecule has 5 heteroatoms. The summed E-state index contributed by atoms with van der Waals surface area (Å²) in [4.78, 5) is 22.5. The van der Waals surface area contributed by atoms with Gasteiger partial charge in [0.15, 0.2) is 0 Å². The molecule has 0 unspecified atom stereocenters. The number of nitrogens with zero attached hydrogens (tertiary/aromatic N) is 3. The van der Waals surface area contributed by atoms with Crippen LogP contribution in [0.5, 0.6) is 0 Å². The summed E-state index contributed by atoms with van der Waals surface area (Å²) in [5.74, 6) is -0.117. The molecule has 0 aromatic carbocycles. The van der Waals surface area contributed by atoms with Gasteiger partial charge in [0.25, 0.3) is 5.91 Å². The molecular weight excluding hydrogens is 264 g/mol. The average molecular weight is 284 g/mol. The van der Waals surface area contributed by atoms with Crippen molar-refractivity contribution in [3.05, 3.63) is 54.1 Å². The maximum atomic E-state index is 12.2. The van der Waals surface area contributed by atoms with Crippen LogP contribution in [-0.4, -0.2) is 29.0 Å². The van der Waals surface area contributed by atoms with E-state index in [1.54, 1.807) is 24.8 Å². The zero-order chi connectivity index (χ0) is 15.1. The van der Waals surface area contributed by atoms with Crippen LogP contribution in [0.1, 0.15) is 29.8 Å². The normalized spacial score (nSPS) is 10.2. The third kappa shape index (κ3) is 4.02. The summed E-state index contributed by atoms with van der Waals surface area (Å²) >= 11 is 0. The summed E-state index contributed by atoms with van der Waals surface area (Å²) in [5, 5.41) is 2.89. The number of amides is 1. The molecule has 1 N–H and O–H groups in total. The Morgan fingerprint density at radius 2 is 1.86 bits per heavy atom. The minimum Gasteiger partial charge on any atom is -0.371 e. The number of hydrogen-bond acceptors (Lipinski definition) is 4. The predicted octanol–water partition coefficient (Wildman–Crippen LogP) is 2.25. The maximum absolute atomic E-state index is 12.2. The maximum Gasteiger partial charge on any atom is 0.253 e. The topological polar surface area (TPSA) is 58.1 Å². The van der Waals surface area contributed by atoms with Crippen LogP contribution in [0, 0.1) is 0 Å². The molecule has 1 amide bonds. The molecule has 0 aliphatic heterocycles. The first-order valence-corrected chi connectivity index (χ1v) is 7.11. The Bertz CT molecular complexity index is 582. The summed E-state index contributed by atoms with van der Waals surface area (Å²) < 4.78 is 0. The van der Waals surface area contributed by atoms with Crippen LogP contribution in [0.25, 0.3) is 0 Å². The zero-order valence-corrected chi connectivity index (χ0v) is 12.4. The number of aromatic nitrogens is 2. The first-order chi connectivity index (χ1) is 10.2. The first-order valence-electron chi connectivity index (χ1n) is 7.11. The van der Waals surface area contributed by atoms with Gasteiger partial charge in [0.2, 0.25) is 0 Å². The molecular formula is C16H20N4O. The van der Waals surface area contributed by atoms with Crippen LogP contribution in [0.15, 0.2) is 43.0 Å². The molecule has 0 saturated carbocycles. The van der Waals surface area contributed by atoms with Gasteiger partial charge in [-0.3, -0.25) is 14.8 Å². The Morgan fingerprint density at radius 1 is 1.14 bits per heavy atom.